The van der Waals surface area contributed by atoms with Crippen LogP contribution in [0.1, 0.15) is 42.6 Å². The van der Waals surface area contributed by atoms with Gasteiger partial charge in [-0.15, -0.1) is 0 Å². The van der Waals surface area contributed by atoms with Crippen molar-refractivity contribution in [3.8, 4) is 0 Å². The number of nitrogens with zero attached hydrogens (tertiary/aromatic N) is 2. The van der Waals surface area contributed by atoms with E-state index in [0.29, 0.717) is 18.3 Å². The molecule has 0 fully saturated rings. The van der Waals surface area contributed by atoms with Gasteiger partial charge >= 0.3 is 6.03 Å². The number of fused-ring (bicyclic) bond motifs is 1. The molecule has 1 atom stereocenters. The molecule has 1 heterocycles. The van der Waals surface area contributed by atoms with Gasteiger partial charge in [0.1, 0.15) is 0 Å². The lowest BCUT2D eigenvalue weighted by Crippen LogP contribution is -2.44. The number of hydrogen-bond acceptors (Lipinski definition) is 4. The number of carbonyl (C=O) groups is 1. The molecule has 0 saturated heterocycles. The number of amides is 2. The van der Waals surface area contributed by atoms with Crippen molar-refractivity contribution in [2.75, 3.05) is 6.54 Å². The molecular formula is C17H22N4O2. The van der Waals surface area contributed by atoms with E-state index >= 15 is 0 Å². The summed E-state index contributed by atoms with van der Waals surface area (Å²) in [4.78, 5) is 16.1. The monoisotopic (exact) mass is 314 g/mol. The lowest BCUT2D eigenvalue weighted by Gasteiger charge is -2.36. The number of nitrogens with one attached hydrogen (secondary N) is 2. The summed E-state index contributed by atoms with van der Waals surface area (Å²) in [6.07, 6.45) is 3.35. The topological polar surface area (TPSA) is 80.0 Å². The Kier molecular flexibility index (Phi) is 4.32. The average Bonchev–Trinajstić information content (AvgIpc) is 2.97. The van der Waals surface area contributed by atoms with Crippen molar-refractivity contribution >= 4 is 6.03 Å². The van der Waals surface area contributed by atoms with Crippen molar-refractivity contribution in [1.82, 2.24) is 20.8 Å². The molecule has 1 aliphatic carbocycles. The summed E-state index contributed by atoms with van der Waals surface area (Å²) in [5.41, 5.74) is 2.72. The molecule has 2 N–H and O–H groups in total. The highest BCUT2D eigenvalue weighted by Crippen LogP contribution is 2.36. The number of aryl methyl sites for hydroxylation is 2. The zero-order valence-corrected chi connectivity index (χ0v) is 13.6. The van der Waals surface area contributed by atoms with E-state index < -0.39 is 0 Å². The molecule has 0 aliphatic heterocycles. The van der Waals surface area contributed by atoms with Crippen LogP contribution >= 0.6 is 0 Å². The first-order chi connectivity index (χ1) is 11.1. The van der Waals surface area contributed by atoms with Crippen LogP contribution in [0.2, 0.25) is 0 Å². The molecule has 0 saturated carbocycles. The van der Waals surface area contributed by atoms with Gasteiger partial charge in [0.25, 0.3) is 0 Å². The van der Waals surface area contributed by atoms with Gasteiger partial charge in [0.2, 0.25) is 5.89 Å². The van der Waals surface area contributed by atoms with Crippen molar-refractivity contribution in [3.63, 3.8) is 0 Å². The first-order valence-corrected chi connectivity index (χ1v) is 7.96. The van der Waals surface area contributed by atoms with Gasteiger partial charge in [-0.05, 0) is 37.3 Å². The summed E-state index contributed by atoms with van der Waals surface area (Å²) in [6.45, 7) is 4.81. The summed E-state index contributed by atoms with van der Waals surface area (Å²) in [6, 6.07) is 8.29. The van der Waals surface area contributed by atoms with E-state index in [9.17, 15) is 4.79 Å². The van der Waals surface area contributed by atoms with Crippen LogP contribution in [-0.2, 0) is 18.4 Å². The molecule has 1 aromatic carbocycles. The standard InChI is InChI=1S/C17H22N4O2/c1-12-20-15(23-21-12)10-18-16(22)19-11-17(2)9-5-7-13-6-3-4-8-14(13)17/h3-4,6,8H,5,7,9-11H2,1-2H3,(H2,18,19,22)/t17-/m0/s1. The molecule has 1 aliphatic rings. The molecule has 0 bridgehead atoms. The van der Waals surface area contributed by atoms with Crippen molar-refractivity contribution in [2.24, 2.45) is 0 Å². The Morgan fingerprint density at radius 3 is 2.96 bits per heavy atom. The van der Waals surface area contributed by atoms with Crippen LogP contribution in [0.5, 0.6) is 0 Å². The molecule has 2 amide bonds. The number of benzene rings is 1. The van der Waals surface area contributed by atoms with Crippen molar-refractivity contribution in [1.29, 1.82) is 0 Å². The minimum atomic E-state index is -0.217. The second-order valence-corrected chi connectivity index (χ2v) is 6.34. The van der Waals surface area contributed by atoms with Crippen LogP contribution in [0.4, 0.5) is 4.79 Å². The Bertz CT molecular complexity index is 697. The molecule has 0 radical (unpaired) electrons. The van der Waals surface area contributed by atoms with Crippen LogP contribution in [-0.4, -0.2) is 22.7 Å². The zero-order valence-electron chi connectivity index (χ0n) is 13.6. The Hall–Kier alpha value is -2.37. The van der Waals surface area contributed by atoms with Gasteiger partial charge in [0, 0.05) is 12.0 Å². The Morgan fingerprint density at radius 1 is 1.35 bits per heavy atom. The third-order valence-corrected chi connectivity index (χ3v) is 4.45. The highest BCUT2D eigenvalue weighted by molar-refractivity contribution is 5.73. The molecule has 2 aromatic rings. The maximum absolute atomic E-state index is 12.0. The van der Waals surface area contributed by atoms with Crippen LogP contribution in [0.15, 0.2) is 28.8 Å². The van der Waals surface area contributed by atoms with Crippen molar-refractivity contribution < 1.29 is 9.32 Å². The minimum Gasteiger partial charge on any atom is -0.337 e. The van der Waals surface area contributed by atoms with Crippen LogP contribution in [0, 0.1) is 6.92 Å². The molecule has 1 aromatic heterocycles. The van der Waals surface area contributed by atoms with Gasteiger partial charge in [0.05, 0.1) is 6.54 Å². The molecule has 23 heavy (non-hydrogen) atoms. The molecule has 122 valence electrons. The van der Waals surface area contributed by atoms with E-state index in [0.717, 1.165) is 19.3 Å². The van der Waals surface area contributed by atoms with Gasteiger partial charge in [-0.25, -0.2) is 4.79 Å². The number of hydrogen-bond donors (Lipinski definition) is 2. The third-order valence-electron chi connectivity index (χ3n) is 4.45. The quantitative estimate of drug-likeness (QED) is 0.908. The summed E-state index contributed by atoms with van der Waals surface area (Å²) in [5, 5.41) is 9.41. The lowest BCUT2D eigenvalue weighted by molar-refractivity contribution is 0.234. The van der Waals surface area contributed by atoms with Gasteiger partial charge < -0.3 is 15.2 Å². The van der Waals surface area contributed by atoms with Gasteiger partial charge in [-0.3, -0.25) is 0 Å². The average molecular weight is 314 g/mol. The molecule has 0 unspecified atom stereocenters. The number of urea groups is 1. The second kappa shape index (κ2) is 6.40. The van der Waals surface area contributed by atoms with E-state index in [2.05, 4.69) is 52.0 Å². The van der Waals surface area contributed by atoms with Crippen LogP contribution in [0.3, 0.4) is 0 Å². The van der Waals surface area contributed by atoms with E-state index in [1.807, 2.05) is 0 Å². The summed E-state index contributed by atoms with van der Waals surface area (Å²) >= 11 is 0. The van der Waals surface area contributed by atoms with E-state index in [1.54, 1.807) is 6.92 Å². The fourth-order valence-corrected chi connectivity index (χ4v) is 3.22. The fourth-order valence-electron chi connectivity index (χ4n) is 3.22. The molecule has 6 nitrogen and oxygen atoms in total. The first kappa shape index (κ1) is 15.5. The maximum Gasteiger partial charge on any atom is 0.315 e. The molecule has 0 spiro atoms. The predicted molar refractivity (Wildman–Crippen MR) is 86.0 cm³/mol. The highest BCUT2D eigenvalue weighted by Gasteiger charge is 2.31. The van der Waals surface area contributed by atoms with E-state index in [1.165, 1.54) is 11.1 Å². The number of carbonyl (C=O) groups excluding carboxylic acids is 1. The van der Waals surface area contributed by atoms with Crippen molar-refractivity contribution in [3.05, 3.63) is 47.1 Å². The minimum absolute atomic E-state index is 0.0206. The molecule has 3 rings (SSSR count). The van der Waals surface area contributed by atoms with E-state index in [4.69, 9.17) is 4.52 Å². The molecule has 6 heteroatoms. The van der Waals surface area contributed by atoms with Gasteiger partial charge in [-0.1, -0.05) is 36.3 Å². The zero-order chi connectivity index (χ0) is 16.3. The SMILES string of the molecule is Cc1noc(CNC(=O)NC[C@]2(C)CCCc3ccccc32)n1. The summed E-state index contributed by atoms with van der Waals surface area (Å²) in [5.74, 6) is 0.973. The first-order valence-electron chi connectivity index (χ1n) is 7.96. The Morgan fingerprint density at radius 2 is 2.17 bits per heavy atom. The maximum atomic E-state index is 12.0. The van der Waals surface area contributed by atoms with E-state index in [-0.39, 0.29) is 18.0 Å². The summed E-state index contributed by atoms with van der Waals surface area (Å²) < 4.78 is 4.97. The lowest BCUT2D eigenvalue weighted by atomic mass is 9.71. The molecular weight excluding hydrogens is 292 g/mol. The Labute approximate surface area is 135 Å². The van der Waals surface area contributed by atoms with Crippen LogP contribution in [0.25, 0.3) is 0 Å². The van der Waals surface area contributed by atoms with Crippen molar-refractivity contribution in [2.45, 2.75) is 45.1 Å². The summed E-state index contributed by atoms with van der Waals surface area (Å²) in [7, 11) is 0. The highest BCUT2D eigenvalue weighted by atomic mass is 16.5. The normalized spacial score (nSPS) is 19.9. The fraction of sp³-hybridized carbons (Fsp3) is 0.471. The van der Waals surface area contributed by atoms with Gasteiger partial charge in [-0.2, -0.15) is 4.98 Å². The predicted octanol–water partition coefficient (Wildman–Crippen LogP) is 2.47. The second-order valence-electron chi connectivity index (χ2n) is 6.34. The number of rotatable bonds is 4. The smallest absolute Gasteiger partial charge is 0.315 e. The largest absolute Gasteiger partial charge is 0.337 e. The number of aromatic nitrogens is 2. The van der Waals surface area contributed by atoms with Gasteiger partial charge in [0.15, 0.2) is 5.82 Å². The Balaban J connectivity index is 1.56. The third kappa shape index (κ3) is 3.52. The van der Waals surface area contributed by atoms with Crippen LogP contribution < -0.4 is 10.6 Å².